The molecule has 0 heterocycles. The van der Waals surface area contributed by atoms with Gasteiger partial charge in [0.15, 0.2) is 0 Å². The molecule has 0 amide bonds. The molecule has 0 aromatic heterocycles. The summed E-state index contributed by atoms with van der Waals surface area (Å²) >= 11 is 0. The molecule has 1 fully saturated rings. The van der Waals surface area contributed by atoms with Gasteiger partial charge in [0, 0.05) is 24.2 Å². The van der Waals surface area contributed by atoms with Crippen molar-refractivity contribution in [2.45, 2.75) is 65.4 Å². The molecule has 1 aromatic carbocycles. The van der Waals surface area contributed by atoms with Crippen molar-refractivity contribution in [1.82, 2.24) is 10.9 Å². The Labute approximate surface area is 158 Å². The van der Waals surface area contributed by atoms with Crippen molar-refractivity contribution in [2.24, 2.45) is 11.7 Å². The fourth-order valence-electron chi connectivity index (χ4n) is 3.16. The molecule has 0 spiro atoms. The lowest BCUT2D eigenvalue weighted by atomic mass is 9.88. The molecule has 5 nitrogen and oxygen atoms in total. The van der Waals surface area contributed by atoms with E-state index in [1.165, 1.54) is 0 Å². The summed E-state index contributed by atoms with van der Waals surface area (Å²) in [5.41, 5.74) is 15.0. The van der Waals surface area contributed by atoms with Crippen molar-refractivity contribution in [2.75, 3.05) is 7.05 Å². The van der Waals surface area contributed by atoms with Gasteiger partial charge in [-0.1, -0.05) is 27.2 Å². The summed E-state index contributed by atoms with van der Waals surface area (Å²) in [5, 5.41) is 0. The average molecular weight is 362 g/mol. The summed E-state index contributed by atoms with van der Waals surface area (Å²) in [6, 6.07) is 7.96. The van der Waals surface area contributed by atoms with Crippen LogP contribution in [0.1, 0.15) is 64.9 Å². The second-order valence-electron chi connectivity index (χ2n) is 6.35. The van der Waals surface area contributed by atoms with Crippen LogP contribution in [0.25, 0.3) is 5.70 Å². The number of carbonyl (C=O) groups is 1. The minimum Gasteiger partial charge on any atom is -0.490 e. The quantitative estimate of drug-likeness (QED) is 0.482. The Morgan fingerprint density at radius 2 is 1.96 bits per heavy atom. The Balaban J connectivity index is 0.00000163. The molecule has 5 heteroatoms. The molecule has 2 unspecified atom stereocenters. The zero-order chi connectivity index (χ0) is 19.4. The van der Waals surface area contributed by atoms with Gasteiger partial charge < -0.3 is 20.7 Å². The van der Waals surface area contributed by atoms with Crippen molar-refractivity contribution in [1.29, 1.82) is 0 Å². The molecule has 1 aromatic rings. The van der Waals surface area contributed by atoms with Crippen LogP contribution in [0.2, 0.25) is 0 Å². The standard InChI is InChI=1S/C19H29N3O2.C2H6/c1-3-5-18(20)19(22-21-2)15-8-10-16(11-9-15)24-17-7-4-6-14(12-17)13-23;1-2/h8-11,13-14,17,21-22H,3-7,12,20H2,1-2H3;1-2H3/b19-18+;. The van der Waals surface area contributed by atoms with Gasteiger partial charge in [-0.25, -0.2) is 5.43 Å². The van der Waals surface area contributed by atoms with Crippen LogP contribution in [-0.4, -0.2) is 19.4 Å². The predicted octanol–water partition coefficient (Wildman–Crippen LogP) is 4.00. The summed E-state index contributed by atoms with van der Waals surface area (Å²) in [6.45, 7) is 6.11. The number of benzene rings is 1. The zero-order valence-corrected chi connectivity index (χ0v) is 16.7. The number of ether oxygens (including phenoxy) is 1. The van der Waals surface area contributed by atoms with Crippen LogP contribution < -0.4 is 21.3 Å². The zero-order valence-electron chi connectivity index (χ0n) is 16.7. The average Bonchev–Trinajstić information content (AvgIpc) is 2.69. The lowest BCUT2D eigenvalue weighted by Gasteiger charge is -2.26. The minimum absolute atomic E-state index is 0.135. The third-order valence-electron chi connectivity index (χ3n) is 4.40. The number of hydrogen-bond acceptors (Lipinski definition) is 5. The number of carbonyl (C=O) groups excluding carboxylic acids is 1. The Morgan fingerprint density at radius 3 is 2.54 bits per heavy atom. The molecular formula is C21H35N3O2. The number of allylic oxidation sites excluding steroid dienone is 1. The summed E-state index contributed by atoms with van der Waals surface area (Å²) in [7, 11) is 1.82. The molecule has 0 radical (unpaired) electrons. The predicted molar refractivity (Wildman–Crippen MR) is 108 cm³/mol. The molecule has 2 rings (SSSR count). The highest BCUT2D eigenvalue weighted by atomic mass is 16.5. The van der Waals surface area contributed by atoms with E-state index in [-0.39, 0.29) is 12.0 Å². The van der Waals surface area contributed by atoms with Crippen molar-refractivity contribution < 1.29 is 9.53 Å². The van der Waals surface area contributed by atoms with Gasteiger partial charge in [0.05, 0.1) is 11.8 Å². The lowest BCUT2D eigenvalue weighted by molar-refractivity contribution is -0.112. The van der Waals surface area contributed by atoms with Crippen LogP contribution in [0.4, 0.5) is 0 Å². The molecule has 0 saturated heterocycles. The third kappa shape index (κ3) is 6.71. The van der Waals surface area contributed by atoms with Crippen molar-refractivity contribution in [3.8, 4) is 5.75 Å². The van der Waals surface area contributed by atoms with Gasteiger partial charge in [0.2, 0.25) is 0 Å². The number of aldehydes is 1. The Morgan fingerprint density at radius 1 is 1.27 bits per heavy atom. The maximum Gasteiger partial charge on any atom is 0.123 e. The van der Waals surface area contributed by atoms with E-state index in [9.17, 15) is 4.79 Å². The van der Waals surface area contributed by atoms with Crippen LogP contribution in [0, 0.1) is 5.92 Å². The van der Waals surface area contributed by atoms with Gasteiger partial charge in [0.1, 0.15) is 12.0 Å². The summed E-state index contributed by atoms with van der Waals surface area (Å²) in [6.07, 6.45) is 6.93. The fraction of sp³-hybridized carbons (Fsp3) is 0.571. The van der Waals surface area contributed by atoms with E-state index in [0.29, 0.717) is 0 Å². The van der Waals surface area contributed by atoms with Crippen LogP contribution in [0.5, 0.6) is 5.75 Å². The van der Waals surface area contributed by atoms with Gasteiger partial charge >= 0.3 is 0 Å². The Bertz CT molecular complexity index is 555. The molecule has 146 valence electrons. The van der Waals surface area contributed by atoms with E-state index in [2.05, 4.69) is 17.8 Å². The highest BCUT2D eigenvalue weighted by molar-refractivity contribution is 5.66. The van der Waals surface area contributed by atoms with Gasteiger partial charge in [-0.3, -0.25) is 0 Å². The van der Waals surface area contributed by atoms with Crippen LogP contribution in [0.3, 0.4) is 0 Å². The van der Waals surface area contributed by atoms with Crippen LogP contribution >= 0.6 is 0 Å². The maximum atomic E-state index is 11.0. The van der Waals surface area contributed by atoms with Crippen molar-refractivity contribution in [3.63, 3.8) is 0 Å². The number of rotatable bonds is 8. The second-order valence-corrected chi connectivity index (χ2v) is 6.35. The highest BCUT2D eigenvalue weighted by Crippen LogP contribution is 2.27. The lowest BCUT2D eigenvalue weighted by Crippen LogP contribution is -2.28. The number of hydrazine groups is 1. The highest BCUT2D eigenvalue weighted by Gasteiger charge is 2.22. The number of nitrogens with two attached hydrogens (primary N) is 1. The van der Waals surface area contributed by atoms with E-state index in [4.69, 9.17) is 10.5 Å². The van der Waals surface area contributed by atoms with Crippen LogP contribution in [-0.2, 0) is 4.79 Å². The Kier molecular flexibility index (Phi) is 10.5. The van der Waals surface area contributed by atoms with E-state index >= 15 is 0 Å². The van der Waals surface area contributed by atoms with E-state index in [1.807, 2.05) is 45.2 Å². The Hall–Kier alpha value is -2.01. The minimum atomic E-state index is 0.135. The number of hydrogen-bond donors (Lipinski definition) is 3. The molecule has 0 bridgehead atoms. The first-order chi connectivity index (χ1) is 12.7. The normalized spacial score (nSPS) is 20.3. The first kappa shape index (κ1) is 22.0. The third-order valence-corrected chi connectivity index (χ3v) is 4.40. The van der Waals surface area contributed by atoms with Crippen LogP contribution in [0.15, 0.2) is 30.0 Å². The first-order valence-corrected chi connectivity index (χ1v) is 9.81. The number of nitrogens with one attached hydrogen (secondary N) is 2. The largest absolute Gasteiger partial charge is 0.490 e. The molecule has 0 aliphatic heterocycles. The molecule has 1 aliphatic rings. The second kappa shape index (κ2) is 12.4. The topological polar surface area (TPSA) is 76.4 Å². The van der Waals surface area contributed by atoms with Crippen molar-refractivity contribution >= 4 is 12.0 Å². The molecule has 4 N–H and O–H groups in total. The molecular weight excluding hydrogens is 326 g/mol. The van der Waals surface area contributed by atoms with Gasteiger partial charge in [-0.2, -0.15) is 0 Å². The van der Waals surface area contributed by atoms with E-state index < -0.39 is 0 Å². The summed E-state index contributed by atoms with van der Waals surface area (Å²) < 4.78 is 6.05. The molecule has 26 heavy (non-hydrogen) atoms. The smallest absolute Gasteiger partial charge is 0.123 e. The first-order valence-electron chi connectivity index (χ1n) is 9.81. The molecule has 1 saturated carbocycles. The van der Waals surface area contributed by atoms with Gasteiger partial charge in [-0.15, -0.1) is 0 Å². The van der Waals surface area contributed by atoms with E-state index in [1.54, 1.807) is 0 Å². The summed E-state index contributed by atoms with van der Waals surface area (Å²) in [4.78, 5) is 11.0. The molecule has 2 atom stereocenters. The van der Waals surface area contributed by atoms with Crippen molar-refractivity contribution in [3.05, 3.63) is 35.5 Å². The summed E-state index contributed by atoms with van der Waals surface area (Å²) in [5.74, 6) is 0.986. The van der Waals surface area contributed by atoms with E-state index in [0.717, 1.165) is 67.5 Å². The van der Waals surface area contributed by atoms with Gasteiger partial charge in [-0.05, 0) is 56.4 Å². The monoisotopic (exact) mass is 361 g/mol. The maximum absolute atomic E-state index is 11.0. The molecule has 1 aliphatic carbocycles. The van der Waals surface area contributed by atoms with Gasteiger partial charge in [0.25, 0.3) is 0 Å². The fourth-order valence-corrected chi connectivity index (χ4v) is 3.16. The SMILES string of the molecule is CC.CCC/C(N)=C(\NNC)c1ccc(OC2CCCC(C=O)C2)cc1.